The molecule has 0 saturated heterocycles. The third-order valence-corrected chi connectivity index (χ3v) is 1.74. The van der Waals surface area contributed by atoms with Crippen molar-refractivity contribution in [3.05, 3.63) is 34.7 Å². The Balaban J connectivity index is 2.92. The van der Waals surface area contributed by atoms with Crippen LogP contribution in [0.3, 0.4) is 0 Å². The zero-order chi connectivity index (χ0) is 9.84. The van der Waals surface area contributed by atoms with E-state index in [1.165, 1.54) is 18.2 Å². The lowest BCUT2D eigenvalue weighted by Crippen LogP contribution is -1.92. The fraction of sp³-hybridized carbons (Fsp3) is 0. The Labute approximate surface area is 80.7 Å². The first kappa shape index (κ1) is 9.67. The number of thiol groups is 1. The number of aliphatic carboxylic acids is 1. The second-order valence-corrected chi connectivity index (χ2v) is 2.91. The van der Waals surface area contributed by atoms with Crippen LogP contribution in [0.5, 0.6) is 5.75 Å². The molecule has 0 atom stereocenters. The normalized spacial score (nSPS) is 11.3. The molecule has 0 radical (unpaired) electrons. The fourth-order valence-corrected chi connectivity index (χ4v) is 0.939. The molecule has 0 aliphatic rings. The minimum atomic E-state index is -1.07. The summed E-state index contributed by atoms with van der Waals surface area (Å²) in [6, 6.07) is 6.17. The molecule has 1 rings (SSSR count). The molecule has 0 spiro atoms. The molecular weight excluding hydrogens is 188 g/mol. The number of rotatable bonds is 2. The average molecular weight is 196 g/mol. The summed E-state index contributed by atoms with van der Waals surface area (Å²) in [4.78, 5) is 10.3. The number of benzene rings is 1. The second-order valence-electron chi connectivity index (χ2n) is 2.43. The van der Waals surface area contributed by atoms with Gasteiger partial charge in [-0.05, 0) is 23.8 Å². The van der Waals surface area contributed by atoms with Gasteiger partial charge in [-0.1, -0.05) is 12.1 Å². The highest BCUT2D eigenvalue weighted by molar-refractivity contribution is 7.85. The van der Waals surface area contributed by atoms with Gasteiger partial charge in [0, 0.05) is 0 Å². The van der Waals surface area contributed by atoms with Crippen LogP contribution in [-0.4, -0.2) is 16.2 Å². The van der Waals surface area contributed by atoms with Gasteiger partial charge in [-0.15, -0.1) is 12.6 Å². The van der Waals surface area contributed by atoms with Gasteiger partial charge in [0.15, 0.2) is 0 Å². The van der Waals surface area contributed by atoms with Crippen LogP contribution >= 0.6 is 12.6 Å². The van der Waals surface area contributed by atoms with Gasteiger partial charge in [-0.2, -0.15) is 0 Å². The number of aromatic hydroxyl groups is 1. The highest BCUT2D eigenvalue weighted by atomic mass is 32.1. The maximum absolute atomic E-state index is 10.4. The quantitative estimate of drug-likeness (QED) is 0.499. The first-order chi connectivity index (χ1) is 6.09. The molecule has 0 fully saturated rings. The maximum atomic E-state index is 10.4. The summed E-state index contributed by atoms with van der Waals surface area (Å²) >= 11 is 3.76. The predicted octanol–water partition coefficient (Wildman–Crippen LogP) is 1.75. The molecule has 0 heterocycles. The van der Waals surface area contributed by atoms with Crippen LogP contribution < -0.4 is 0 Å². The number of carboxylic acid groups (broad SMARTS) is 1. The lowest BCUT2D eigenvalue weighted by Gasteiger charge is -1.95. The smallest absolute Gasteiger partial charge is 0.341 e. The number of phenols is 1. The van der Waals surface area contributed by atoms with Crippen molar-refractivity contribution in [2.24, 2.45) is 0 Å². The lowest BCUT2D eigenvalue weighted by molar-refractivity contribution is -0.131. The highest BCUT2D eigenvalue weighted by Crippen LogP contribution is 2.14. The summed E-state index contributed by atoms with van der Waals surface area (Å²) in [7, 11) is 0. The molecule has 68 valence electrons. The van der Waals surface area contributed by atoms with Gasteiger partial charge in [0.2, 0.25) is 0 Å². The molecule has 0 aliphatic carbocycles. The maximum Gasteiger partial charge on any atom is 0.341 e. The fourth-order valence-electron chi connectivity index (χ4n) is 0.790. The van der Waals surface area contributed by atoms with Crippen molar-refractivity contribution in [3.8, 4) is 5.75 Å². The van der Waals surface area contributed by atoms with Crippen LogP contribution in [0.4, 0.5) is 0 Å². The molecule has 4 heteroatoms. The largest absolute Gasteiger partial charge is 0.508 e. The number of carbonyl (C=O) groups is 1. The highest BCUT2D eigenvalue weighted by Gasteiger charge is 2.00. The summed E-state index contributed by atoms with van der Waals surface area (Å²) in [5, 5.41) is 17.4. The predicted molar refractivity (Wildman–Crippen MR) is 52.7 cm³/mol. The van der Waals surface area contributed by atoms with Crippen LogP contribution in [0, 0.1) is 0 Å². The third kappa shape index (κ3) is 2.83. The van der Waals surface area contributed by atoms with E-state index in [0.717, 1.165) is 0 Å². The van der Waals surface area contributed by atoms with Crippen molar-refractivity contribution in [3.63, 3.8) is 0 Å². The Bertz CT molecular complexity index is 340. The van der Waals surface area contributed by atoms with Gasteiger partial charge in [0.1, 0.15) is 5.75 Å². The van der Waals surface area contributed by atoms with Crippen LogP contribution in [-0.2, 0) is 4.79 Å². The molecule has 0 aromatic heterocycles. The molecule has 0 amide bonds. The Kier molecular flexibility index (Phi) is 2.97. The number of hydrogen-bond donors (Lipinski definition) is 3. The number of hydrogen-bond acceptors (Lipinski definition) is 3. The Hall–Kier alpha value is -1.42. The first-order valence-electron chi connectivity index (χ1n) is 3.52. The molecule has 0 unspecified atom stereocenters. The molecule has 0 aliphatic heterocycles. The van der Waals surface area contributed by atoms with E-state index < -0.39 is 5.97 Å². The standard InChI is InChI=1S/C9H8O3S/c10-7-3-1-6(2-4-7)5-8(13)9(11)12/h1-5,10,13H,(H,11,12). The van der Waals surface area contributed by atoms with E-state index in [0.29, 0.717) is 5.56 Å². The first-order valence-corrected chi connectivity index (χ1v) is 3.97. The van der Waals surface area contributed by atoms with Crippen molar-refractivity contribution in [2.45, 2.75) is 0 Å². The van der Waals surface area contributed by atoms with Crippen LogP contribution in [0.25, 0.3) is 6.08 Å². The lowest BCUT2D eigenvalue weighted by atomic mass is 10.2. The summed E-state index contributed by atoms with van der Waals surface area (Å²) in [6.45, 7) is 0. The molecule has 1 aromatic rings. The monoisotopic (exact) mass is 196 g/mol. The summed E-state index contributed by atoms with van der Waals surface area (Å²) < 4.78 is 0. The van der Waals surface area contributed by atoms with E-state index in [2.05, 4.69) is 12.6 Å². The molecular formula is C9H8O3S. The molecule has 1 aromatic carbocycles. The van der Waals surface area contributed by atoms with E-state index in [9.17, 15) is 4.79 Å². The molecule has 3 nitrogen and oxygen atoms in total. The molecule has 0 bridgehead atoms. The SMILES string of the molecule is O=C(O)C(S)=Cc1ccc(O)cc1. The van der Waals surface area contributed by atoms with Crippen molar-refractivity contribution < 1.29 is 15.0 Å². The summed E-state index contributed by atoms with van der Waals surface area (Å²) in [6.07, 6.45) is 1.41. The summed E-state index contributed by atoms with van der Waals surface area (Å²) in [5.41, 5.74) is 0.685. The topological polar surface area (TPSA) is 57.5 Å². The Morgan fingerprint density at radius 2 is 1.85 bits per heavy atom. The third-order valence-electron chi connectivity index (χ3n) is 1.42. The Morgan fingerprint density at radius 3 is 2.31 bits per heavy atom. The van der Waals surface area contributed by atoms with Gasteiger partial charge in [-0.25, -0.2) is 4.79 Å². The van der Waals surface area contributed by atoms with E-state index in [1.54, 1.807) is 12.1 Å². The van der Waals surface area contributed by atoms with E-state index in [-0.39, 0.29) is 10.7 Å². The zero-order valence-electron chi connectivity index (χ0n) is 6.64. The zero-order valence-corrected chi connectivity index (χ0v) is 7.53. The molecule has 13 heavy (non-hydrogen) atoms. The minimum Gasteiger partial charge on any atom is -0.508 e. The average Bonchev–Trinajstić information content (AvgIpc) is 2.08. The van der Waals surface area contributed by atoms with Gasteiger partial charge in [-0.3, -0.25) is 0 Å². The van der Waals surface area contributed by atoms with E-state index >= 15 is 0 Å². The van der Waals surface area contributed by atoms with Gasteiger partial charge < -0.3 is 10.2 Å². The van der Waals surface area contributed by atoms with E-state index in [4.69, 9.17) is 10.2 Å². The number of phenolic OH excluding ortho intramolecular Hbond substituents is 1. The number of carboxylic acids is 1. The second kappa shape index (κ2) is 4.00. The van der Waals surface area contributed by atoms with Crippen LogP contribution in [0.1, 0.15) is 5.56 Å². The summed E-state index contributed by atoms with van der Waals surface area (Å²) in [5.74, 6) is -0.926. The van der Waals surface area contributed by atoms with Crippen molar-refractivity contribution in [1.29, 1.82) is 0 Å². The minimum absolute atomic E-state index is 0.0364. The van der Waals surface area contributed by atoms with Crippen LogP contribution in [0.15, 0.2) is 29.2 Å². The van der Waals surface area contributed by atoms with Gasteiger partial charge in [0.05, 0.1) is 4.91 Å². The van der Waals surface area contributed by atoms with E-state index in [1.807, 2.05) is 0 Å². The van der Waals surface area contributed by atoms with Crippen molar-refractivity contribution in [2.75, 3.05) is 0 Å². The molecule has 0 saturated carbocycles. The Morgan fingerprint density at radius 1 is 1.31 bits per heavy atom. The van der Waals surface area contributed by atoms with Gasteiger partial charge >= 0.3 is 5.97 Å². The van der Waals surface area contributed by atoms with Crippen molar-refractivity contribution in [1.82, 2.24) is 0 Å². The molecule has 2 N–H and O–H groups in total. The van der Waals surface area contributed by atoms with Gasteiger partial charge in [0.25, 0.3) is 0 Å². The van der Waals surface area contributed by atoms with Crippen LogP contribution in [0.2, 0.25) is 0 Å². The van der Waals surface area contributed by atoms with Crippen molar-refractivity contribution >= 4 is 24.7 Å².